The maximum atomic E-state index is 12.5. The lowest BCUT2D eigenvalue weighted by atomic mass is 10.1. The normalized spacial score (nSPS) is 17.6. The summed E-state index contributed by atoms with van der Waals surface area (Å²) < 4.78 is 37.5. The molecule has 2 nitrogen and oxygen atoms in total. The Labute approximate surface area is 98.4 Å². The van der Waals surface area contributed by atoms with Crippen LogP contribution in [0.25, 0.3) is 0 Å². The summed E-state index contributed by atoms with van der Waals surface area (Å²) in [6.45, 7) is 3.56. The maximum absolute atomic E-state index is 12.5. The molecule has 1 saturated heterocycles. The highest BCUT2D eigenvalue weighted by atomic mass is 19.4. The molecule has 0 spiro atoms. The van der Waals surface area contributed by atoms with Crippen molar-refractivity contribution in [3.05, 3.63) is 35.4 Å². The van der Waals surface area contributed by atoms with Crippen molar-refractivity contribution in [2.24, 2.45) is 0 Å². The highest BCUT2D eigenvalue weighted by Crippen LogP contribution is 2.29. The average Bonchev–Trinajstić information content (AvgIpc) is 2.78. The van der Waals surface area contributed by atoms with Crippen molar-refractivity contribution in [3.63, 3.8) is 0 Å². The van der Waals surface area contributed by atoms with Crippen LogP contribution >= 0.6 is 0 Å². The van der Waals surface area contributed by atoms with Gasteiger partial charge in [-0.3, -0.25) is 4.90 Å². The third-order valence-corrected chi connectivity index (χ3v) is 2.91. The molecule has 1 aromatic carbocycles. The van der Waals surface area contributed by atoms with Crippen LogP contribution in [0, 0.1) is 0 Å². The van der Waals surface area contributed by atoms with Gasteiger partial charge in [0.2, 0.25) is 0 Å². The summed E-state index contributed by atoms with van der Waals surface area (Å²) in [5.74, 6) is 0. The molecule has 2 rings (SSSR count). The van der Waals surface area contributed by atoms with Gasteiger partial charge in [-0.2, -0.15) is 13.2 Å². The molecule has 1 N–H and O–H groups in total. The largest absolute Gasteiger partial charge is 0.416 e. The minimum atomic E-state index is -4.24. The Hall–Kier alpha value is -1.07. The van der Waals surface area contributed by atoms with E-state index in [1.54, 1.807) is 6.07 Å². The zero-order valence-corrected chi connectivity index (χ0v) is 9.43. The second kappa shape index (κ2) is 5.06. The fraction of sp³-hybridized carbons (Fsp3) is 0.500. The molecule has 1 heterocycles. The minimum Gasteiger partial charge on any atom is -0.303 e. The van der Waals surface area contributed by atoms with E-state index in [1.165, 1.54) is 12.1 Å². The van der Waals surface area contributed by atoms with E-state index in [0.29, 0.717) is 6.42 Å². The fourth-order valence-electron chi connectivity index (χ4n) is 1.93. The van der Waals surface area contributed by atoms with Crippen molar-refractivity contribution in [3.8, 4) is 0 Å². The average molecular weight is 244 g/mol. The molecule has 0 radical (unpaired) electrons. The van der Waals surface area contributed by atoms with E-state index in [4.69, 9.17) is 0 Å². The highest BCUT2D eigenvalue weighted by Gasteiger charge is 2.30. The topological polar surface area (TPSA) is 15.3 Å². The van der Waals surface area contributed by atoms with Gasteiger partial charge in [0, 0.05) is 26.3 Å². The summed E-state index contributed by atoms with van der Waals surface area (Å²) in [5.41, 5.74) is 0.182. The third-order valence-electron chi connectivity index (χ3n) is 2.91. The molecule has 0 unspecified atom stereocenters. The number of hydrogen-bond acceptors (Lipinski definition) is 2. The van der Waals surface area contributed by atoms with Gasteiger partial charge in [0.1, 0.15) is 0 Å². The first kappa shape index (κ1) is 12.4. The summed E-state index contributed by atoms with van der Waals surface area (Å²) in [5, 5.41) is 3.19. The Morgan fingerprint density at radius 3 is 2.76 bits per heavy atom. The van der Waals surface area contributed by atoms with Crippen molar-refractivity contribution in [1.29, 1.82) is 0 Å². The van der Waals surface area contributed by atoms with E-state index in [9.17, 15) is 13.2 Å². The van der Waals surface area contributed by atoms with E-state index >= 15 is 0 Å². The first-order chi connectivity index (χ1) is 8.05. The monoisotopic (exact) mass is 244 g/mol. The zero-order chi connectivity index (χ0) is 12.3. The van der Waals surface area contributed by atoms with Crippen LogP contribution in [0.15, 0.2) is 24.3 Å². The van der Waals surface area contributed by atoms with Gasteiger partial charge in [-0.15, -0.1) is 0 Å². The molecule has 1 aliphatic rings. The molecule has 0 aliphatic carbocycles. The minimum absolute atomic E-state index is 0.561. The SMILES string of the molecule is FC(F)(F)c1cccc(CCN2CCNC2)c1. The molecule has 0 saturated carbocycles. The van der Waals surface area contributed by atoms with Gasteiger partial charge in [-0.05, 0) is 18.1 Å². The predicted molar refractivity (Wildman–Crippen MR) is 59.6 cm³/mol. The Bertz CT molecular complexity index is 370. The van der Waals surface area contributed by atoms with Crippen LogP contribution in [0.4, 0.5) is 13.2 Å². The summed E-state index contributed by atoms with van der Waals surface area (Å²) in [7, 11) is 0. The zero-order valence-electron chi connectivity index (χ0n) is 9.43. The summed E-state index contributed by atoms with van der Waals surface area (Å²) in [4.78, 5) is 2.19. The van der Waals surface area contributed by atoms with Crippen LogP contribution in [0.2, 0.25) is 0 Å². The number of alkyl halides is 3. The van der Waals surface area contributed by atoms with Gasteiger partial charge in [-0.1, -0.05) is 18.2 Å². The molecule has 5 heteroatoms. The lowest BCUT2D eigenvalue weighted by molar-refractivity contribution is -0.137. The lowest BCUT2D eigenvalue weighted by Crippen LogP contribution is -2.24. The summed E-state index contributed by atoms with van der Waals surface area (Å²) in [6.07, 6.45) is -3.59. The first-order valence-corrected chi connectivity index (χ1v) is 5.65. The van der Waals surface area contributed by atoms with Crippen molar-refractivity contribution < 1.29 is 13.2 Å². The van der Waals surface area contributed by atoms with E-state index in [2.05, 4.69) is 10.2 Å². The lowest BCUT2D eigenvalue weighted by Gasteiger charge is -2.14. The van der Waals surface area contributed by atoms with E-state index in [0.717, 1.165) is 37.9 Å². The first-order valence-electron chi connectivity index (χ1n) is 5.65. The maximum Gasteiger partial charge on any atom is 0.416 e. The van der Waals surface area contributed by atoms with Crippen LogP contribution in [0.5, 0.6) is 0 Å². The molecule has 1 aromatic rings. The number of halogens is 3. The molecule has 1 fully saturated rings. The van der Waals surface area contributed by atoms with E-state index in [-0.39, 0.29) is 0 Å². The van der Waals surface area contributed by atoms with Crippen molar-refractivity contribution in [1.82, 2.24) is 10.2 Å². The van der Waals surface area contributed by atoms with Crippen molar-refractivity contribution >= 4 is 0 Å². The Morgan fingerprint density at radius 2 is 2.12 bits per heavy atom. The molecule has 0 bridgehead atoms. The molecule has 1 aliphatic heterocycles. The highest BCUT2D eigenvalue weighted by molar-refractivity contribution is 5.25. The Kier molecular flexibility index (Phi) is 3.69. The Balaban J connectivity index is 1.96. The number of nitrogens with zero attached hydrogens (tertiary/aromatic N) is 1. The molecule has 94 valence electrons. The molecule has 0 aromatic heterocycles. The summed E-state index contributed by atoms with van der Waals surface area (Å²) >= 11 is 0. The quantitative estimate of drug-likeness (QED) is 0.876. The van der Waals surface area contributed by atoms with Crippen molar-refractivity contribution in [2.75, 3.05) is 26.3 Å². The third kappa shape index (κ3) is 3.44. The van der Waals surface area contributed by atoms with Crippen molar-refractivity contribution in [2.45, 2.75) is 12.6 Å². The second-order valence-electron chi connectivity index (χ2n) is 4.22. The molecule has 0 atom stereocenters. The van der Waals surface area contributed by atoms with Gasteiger partial charge in [-0.25, -0.2) is 0 Å². The fourth-order valence-corrected chi connectivity index (χ4v) is 1.93. The van der Waals surface area contributed by atoms with Crippen LogP contribution in [-0.4, -0.2) is 31.2 Å². The Morgan fingerprint density at radius 1 is 1.29 bits per heavy atom. The van der Waals surface area contributed by atoms with E-state index < -0.39 is 11.7 Å². The van der Waals surface area contributed by atoms with Gasteiger partial charge in [0.15, 0.2) is 0 Å². The van der Waals surface area contributed by atoms with Crippen LogP contribution in [0.3, 0.4) is 0 Å². The van der Waals surface area contributed by atoms with Crippen LogP contribution in [-0.2, 0) is 12.6 Å². The van der Waals surface area contributed by atoms with Gasteiger partial charge in [0.05, 0.1) is 5.56 Å². The van der Waals surface area contributed by atoms with Crippen LogP contribution < -0.4 is 5.32 Å². The van der Waals surface area contributed by atoms with Crippen LogP contribution in [0.1, 0.15) is 11.1 Å². The standard InChI is InChI=1S/C12H15F3N2/c13-12(14,15)11-3-1-2-10(8-11)4-6-17-7-5-16-9-17/h1-3,8,16H,4-7,9H2. The number of hydrogen-bond donors (Lipinski definition) is 1. The molecule has 0 amide bonds. The molecular formula is C12H15F3N2. The second-order valence-corrected chi connectivity index (χ2v) is 4.22. The predicted octanol–water partition coefficient (Wildman–Crippen LogP) is 2.11. The number of benzene rings is 1. The summed E-state index contributed by atoms with van der Waals surface area (Å²) in [6, 6.07) is 5.57. The number of nitrogens with one attached hydrogen (secondary N) is 1. The molecular weight excluding hydrogens is 229 g/mol. The van der Waals surface area contributed by atoms with Gasteiger partial charge < -0.3 is 5.32 Å². The van der Waals surface area contributed by atoms with Gasteiger partial charge in [0.25, 0.3) is 0 Å². The number of rotatable bonds is 3. The smallest absolute Gasteiger partial charge is 0.303 e. The molecule has 17 heavy (non-hydrogen) atoms. The van der Waals surface area contributed by atoms with E-state index in [1.807, 2.05) is 0 Å². The van der Waals surface area contributed by atoms with Gasteiger partial charge >= 0.3 is 6.18 Å².